The third-order valence-corrected chi connectivity index (χ3v) is 27.6. The molecule has 12 aliphatic rings. The summed E-state index contributed by atoms with van der Waals surface area (Å²) in [7, 11) is 0. The van der Waals surface area contributed by atoms with Crippen molar-refractivity contribution in [3.05, 3.63) is 12.2 Å². The molecule has 718 valence electrons. The summed E-state index contributed by atoms with van der Waals surface area (Å²) in [5.74, 6) is -2.48. The van der Waals surface area contributed by atoms with Gasteiger partial charge in [0.05, 0.1) is 76.6 Å². The summed E-state index contributed by atoms with van der Waals surface area (Å²) in [6.45, 7) is 1.69. The number of hydrogen-bond donors (Lipinski definition) is 30. The standard InChI is InChI=1S/C75H124O49/c1-22-61(105)73(3)11-7-33-72(2,9-6-10-74(33,4)71(106)123-69-59(121-66-53(103)47(97)38(88)27(17-80)112-66)56(41(91)30(20-83)115-69)118-63-50(100)44(94)35(85)24(14-77)109-63)32(73)8-12-75(22,5)124-70-60(122-67-54(104)48(98)39(89)28(18-81)113-67)57(119-64-51(101)45(95)36(86)25(15-78)110-64)42(92)31(116-70)21-107-68-58(120-65-52(102)46(96)37(87)26(16-79)111-65)55(40(90)29(19-82)114-68)117-62-49(99)43(93)34(84)23(13-76)108-62/h23-70,76-105H,1,6-21H2,2-5H3/t23?,24?,25?,26?,27?,28?,29?,30?,31?,32-,33-,34?,35?,36?,37?,38?,39?,40?,41?,42?,43?,44?,45?,46?,47?,48?,49?,50?,51?,52?,53?,54?,55?,56?,57?,58?,59?,60?,61-,62?,63?,64?,65?,66?,67?,68?,69?,70?,72-,73-,74+,75+/m0/s1. The van der Waals surface area contributed by atoms with Gasteiger partial charge in [-0.2, -0.15) is 0 Å². The van der Waals surface area contributed by atoms with Crippen molar-refractivity contribution in [3.8, 4) is 0 Å². The van der Waals surface area contributed by atoms with Crippen molar-refractivity contribution in [1.29, 1.82) is 0 Å². The van der Waals surface area contributed by atoms with E-state index in [9.17, 15) is 153 Å². The van der Waals surface area contributed by atoms with Crippen LogP contribution < -0.4 is 0 Å². The first-order chi connectivity index (χ1) is 58.5. The molecule has 0 spiro atoms. The van der Waals surface area contributed by atoms with Gasteiger partial charge >= 0.3 is 5.97 Å². The highest BCUT2D eigenvalue weighted by Crippen LogP contribution is 2.68. The Bertz CT molecular complexity index is 3410. The van der Waals surface area contributed by atoms with Crippen molar-refractivity contribution < 1.29 is 243 Å². The van der Waals surface area contributed by atoms with Gasteiger partial charge in [-0.05, 0) is 75.2 Å². The van der Waals surface area contributed by atoms with Crippen molar-refractivity contribution >= 4 is 5.97 Å². The Hall–Kier alpha value is -2.67. The number of aliphatic hydroxyl groups excluding tert-OH is 30. The lowest BCUT2D eigenvalue weighted by Crippen LogP contribution is -2.68. The Kier molecular flexibility index (Phi) is 32.9. The Morgan fingerprint density at radius 3 is 0.919 bits per heavy atom. The molecule has 12 fully saturated rings. The summed E-state index contributed by atoms with van der Waals surface area (Å²) in [6.07, 6.45) is -94.5. The highest BCUT2D eigenvalue weighted by atomic mass is 16.8. The number of carbonyl (C=O) groups excluding carboxylic acids is 1. The van der Waals surface area contributed by atoms with Gasteiger partial charge in [-0.25, -0.2) is 0 Å². The average molecular weight is 1810 g/mol. The first-order valence-corrected chi connectivity index (χ1v) is 41.4. The molecule has 49 heteroatoms. The minimum absolute atomic E-state index is 0.0129. The van der Waals surface area contributed by atoms with E-state index in [1.165, 1.54) is 6.92 Å². The van der Waals surface area contributed by atoms with E-state index in [4.69, 9.17) is 85.3 Å². The normalized spacial score (nSPS) is 54.1. The molecule has 0 aromatic heterocycles. The monoisotopic (exact) mass is 1810 g/mol. The summed E-state index contributed by atoms with van der Waals surface area (Å²) in [5, 5.41) is 333. The molecule has 45 unspecified atom stereocenters. The van der Waals surface area contributed by atoms with Gasteiger partial charge in [0.15, 0.2) is 56.4 Å². The molecular weight excluding hydrogens is 1680 g/mol. The highest BCUT2D eigenvalue weighted by molar-refractivity contribution is 5.77. The fraction of sp³-hybridized carbons (Fsp3) is 0.960. The molecule has 9 aliphatic heterocycles. The quantitative estimate of drug-likeness (QED) is 0.0268. The molecule has 12 rings (SSSR count). The molecule has 0 aromatic carbocycles. The summed E-state index contributed by atoms with van der Waals surface area (Å²) < 4.78 is 110. The zero-order chi connectivity index (χ0) is 90.9. The second-order valence-corrected chi connectivity index (χ2v) is 35.2. The molecule has 30 N–H and O–H groups in total. The number of hydrogen-bond acceptors (Lipinski definition) is 49. The van der Waals surface area contributed by atoms with Gasteiger partial charge in [0.1, 0.15) is 214 Å². The Morgan fingerprint density at radius 2 is 0.581 bits per heavy atom. The van der Waals surface area contributed by atoms with Crippen LogP contribution in [0, 0.1) is 28.1 Å². The highest BCUT2D eigenvalue weighted by Gasteiger charge is 2.68. The average Bonchev–Trinajstić information content (AvgIpc) is 1.40. The number of carbonyl (C=O) groups is 1. The lowest BCUT2D eigenvalue weighted by molar-refractivity contribution is -0.407. The first-order valence-electron chi connectivity index (χ1n) is 41.4. The largest absolute Gasteiger partial charge is 0.432 e. The van der Waals surface area contributed by atoms with Crippen LogP contribution in [0.25, 0.3) is 0 Å². The summed E-state index contributed by atoms with van der Waals surface area (Å²) in [6, 6.07) is 0. The molecule has 9 saturated heterocycles. The van der Waals surface area contributed by atoms with Crippen molar-refractivity contribution in [2.24, 2.45) is 28.1 Å². The fourth-order valence-electron chi connectivity index (χ4n) is 20.0. The maximum absolute atomic E-state index is 15.8. The zero-order valence-corrected chi connectivity index (χ0v) is 67.9. The number of fused-ring (bicyclic) bond motifs is 3. The van der Waals surface area contributed by atoms with Gasteiger partial charge in [0, 0.05) is 5.41 Å². The summed E-state index contributed by atoms with van der Waals surface area (Å²) in [4.78, 5) is 15.8. The number of esters is 1. The zero-order valence-electron chi connectivity index (χ0n) is 67.9. The molecule has 49 nitrogen and oxygen atoms in total. The number of rotatable bonds is 27. The van der Waals surface area contributed by atoms with E-state index >= 15 is 4.79 Å². The van der Waals surface area contributed by atoms with Crippen molar-refractivity contribution in [3.63, 3.8) is 0 Å². The minimum Gasteiger partial charge on any atom is -0.432 e. The SMILES string of the molecule is C=C1[C@H](O)[C@@]2(C)CC[C@H]3[C@@](C)(CCC[C@@]3(C)C(=O)OC3OC(CO)C(O)C(OC4OC(CO)C(O)C(O)C4O)C3OC3OC(CO)C(O)C(O)C3O)[C@@H]2CC[C@@]1(C)OC1OC(COC2OC(CO)C(O)C(OC3OC(CO)C(O)C(O)C3O)C2OC2OC(CO)C(O)C(O)C2O)C(O)C(OC2OC(CO)C(O)C(O)C2O)C1OC1OC(CO)C(O)C(O)C1O. The van der Waals surface area contributed by atoms with Crippen molar-refractivity contribution in [2.45, 2.75) is 361 Å². The van der Waals surface area contributed by atoms with E-state index in [1.54, 1.807) is 13.8 Å². The Labute approximate surface area is 707 Å². The van der Waals surface area contributed by atoms with Gasteiger partial charge < -0.3 is 238 Å². The third-order valence-electron chi connectivity index (χ3n) is 27.6. The third kappa shape index (κ3) is 18.9. The number of aliphatic hydroxyl groups is 30. The Balaban J connectivity index is 0.889. The maximum atomic E-state index is 15.8. The lowest BCUT2D eigenvalue weighted by atomic mass is 9.42. The second-order valence-electron chi connectivity index (χ2n) is 35.2. The van der Waals surface area contributed by atoms with Crippen LogP contribution in [0.4, 0.5) is 0 Å². The fourth-order valence-corrected chi connectivity index (χ4v) is 20.0. The van der Waals surface area contributed by atoms with Crippen molar-refractivity contribution in [1.82, 2.24) is 0 Å². The van der Waals surface area contributed by atoms with E-state index in [-0.39, 0.29) is 44.1 Å². The second kappa shape index (κ2) is 40.6. The molecule has 9 heterocycles. The predicted molar refractivity (Wildman–Crippen MR) is 390 cm³/mol. The van der Waals surface area contributed by atoms with Gasteiger partial charge in [0.25, 0.3) is 0 Å². The van der Waals surface area contributed by atoms with Crippen LogP contribution in [0.1, 0.15) is 72.6 Å². The van der Waals surface area contributed by atoms with Gasteiger partial charge in [-0.1, -0.05) is 26.8 Å². The topological polar surface area (TPSA) is 790 Å². The predicted octanol–water partition coefficient (Wildman–Crippen LogP) is -16.4. The molecule has 3 aliphatic carbocycles. The van der Waals surface area contributed by atoms with E-state index < -0.39 is 382 Å². The number of ether oxygens (including phenoxy) is 18. The molecule has 52 atom stereocenters. The van der Waals surface area contributed by atoms with Crippen LogP contribution in [0.2, 0.25) is 0 Å². The molecule has 124 heavy (non-hydrogen) atoms. The molecule has 0 amide bonds. The summed E-state index contributed by atoms with van der Waals surface area (Å²) >= 11 is 0. The van der Waals surface area contributed by atoms with Gasteiger partial charge in [-0.15, -0.1) is 0 Å². The maximum Gasteiger partial charge on any atom is 0.314 e. The van der Waals surface area contributed by atoms with Crippen LogP contribution >= 0.6 is 0 Å². The van der Waals surface area contributed by atoms with Crippen molar-refractivity contribution in [2.75, 3.05) is 59.5 Å². The van der Waals surface area contributed by atoms with Crippen LogP contribution in [-0.4, -0.2) is 507 Å². The van der Waals surface area contributed by atoms with Crippen LogP contribution in [0.5, 0.6) is 0 Å². The van der Waals surface area contributed by atoms with E-state index in [2.05, 4.69) is 6.58 Å². The minimum atomic E-state index is -2.39. The molecule has 3 saturated carbocycles. The van der Waals surface area contributed by atoms with E-state index in [0.717, 1.165) is 0 Å². The molecule has 0 bridgehead atoms. The van der Waals surface area contributed by atoms with Crippen LogP contribution in [-0.2, 0) is 90.1 Å². The van der Waals surface area contributed by atoms with E-state index in [1.807, 2.05) is 6.92 Å². The van der Waals surface area contributed by atoms with Crippen LogP contribution in [0.15, 0.2) is 12.2 Å². The first kappa shape index (κ1) is 100. The van der Waals surface area contributed by atoms with Gasteiger partial charge in [-0.3, -0.25) is 4.79 Å². The molecule has 0 aromatic rings. The van der Waals surface area contributed by atoms with Gasteiger partial charge in [0.2, 0.25) is 6.29 Å². The Morgan fingerprint density at radius 1 is 0.306 bits per heavy atom. The lowest BCUT2D eigenvalue weighted by Gasteiger charge is -2.63. The van der Waals surface area contributed by atoms with Crippen LogP contribution in [0.3, 0.4) is 0 Å². The molecule has 0 radical (unpaired) electrons. The smallest absolute Gasteiger partial charge is 0.314 e. The molecular formula is C75H124O49. The van der Waals surface area contributed by atoms with E-state index in [0.29, 0.717) is 6.42 Å². The summed E-state index contributed by atoms with van der Waals surface area (Å²) in [5.41, 5.74) is -6.03.